The molecule has 0 amide bonds. The maximum absolute atomic E-state index is 6.11. The molecule has 12 heavy (non-hydrogen) atoms. The lowest BCUT2D eigenvalue weighted by Gasteiger charge is -2.22. The normalized spacial score (nSPS) is 16.5. The summed E-state index contributed by atoms with van der Waals surface area (Å²) < 4.78 is 0. The van der Waals surface area contributed by atoms with Gasteiger partial charge >= 0.3 is 0 Å². The van der Waals surface area contributed by atoms with Crippen LogP contribution in [0, 0.1) is 11.8 Å². The van der Waals surface area contributed by atoms with E-state index in [0.29, 0.717) is 11.3 Å². The Hall–Kier alpha value is 0.640. The van der Waals surface area contributed by atoms with E-state index >= 15 is 0 Å². The standard InChI is InChI=1S/C10H21ClS/c1-8(2)10(9(3)11)6-5-7-12-4/h8-10H,5-7H2,1-4H3. The highest BCUT2D eigenvalue weighted by molar-refractivity contribution is 7.98. The lowest BCUT2D eigenvalue weighted by atomic mass is 9.89. The largest absolute Gasteiger partial charge is 0.165 e. The van der Waals surface area contributed by atoms with Crippen LogP contribution in [0.25, 0.3) is 0 Å². The van der Waals surface area contributed by atoms with Crippen LogP contribution < -0.4 is 0 Å². The van der Waals surface area contributed by atoms with Crippen LogP contribution in [-0.4, -0.2) is 17.4 Å². The van der Waals surface area contributed by atoms with Crippen LogP contribution in [0.2, 0.25) is 0 Å². The summed E-state index contributed by atoms with van der Waals surface area (Å²) in [5.41, 5.74) is 0. The van der Waals surface area contributed by atoms with Crippen molar-refractivity contribution < 1.29 is 0 Å². The second-order valence-electron chi connectivity index (χ2n) is 3.72. The summed E-state index contributed by atoms with van der Waals surface area (Å²) in [4.78, 5) is 0. The molecule has 0 aromatic heterocycles. The van der Waals surface area contributed by atoms with E-state index in [1.54, 1.807) is 0 Å². The smallest absolute Gasteiger partial charge is 0.0338 e. The van der Waals surface area contributed by atoms with Gasteiger partial charge in [0, 0.05) is 5.38 Å². The number of hydrogen-bond acceptors (Lipinski definition) is 1. The SMILES string of the molecule is CSCCCC(C(C)C)C(C)Cl. The van der Waals surface area contributed by atoms with Gasteiger partial charge in [0.25, 0.3) is 0 Å². The molecule has 2 atom stereocenters. The van der Waals surface area contributed by atoms with Gasteiger partial charge in [-0.15, -0.1) is 11.6 Å². The van der Waals surface area contributed by atoms with Gasteiger partial charge in [-0.3, -0.25) is 0 Å². The van der Waals surface area contributed by atoms with Crippen molar-refractivity contribution in [3.05, 3.63) is 0 Å². The summed E-state index contributed by atoms with van der Waals surface area (Å²) in [6.07, 6.45) is 4.75. The van der Waals surface area contributed by atoms with Crippen LogP contribution in [0.1, 0.15) is 33.6 Å². The molecule has 0 nitrogen and oxygen atoms in total. The number of rotatable bonds is 6. The van der Waals surface area contributed by atoms with E-state index in [-0.39, 0.29) is 0 Å². The van der Waals surface area contributed by atoms with Gasteiger partial charge in [-0.2, -0.15) is 11.8 Å². The van der Waals surface area contributed by atoms with E-state index in [1.165, 1.54) is 18.6 Å². The second kappa shape index (κ2) is 7.08. The van der Waals surface area contributed by atoms with Crippen molar-refractivity contribution in [3.8, 4) is 0 Å². The number of hydrogen-bond donors (Lipinski definition) is 0. The first-order chi connectivity index (χ1) is 5.59. The summed E-state index contributed by atoms with van der Waals surface area (Å²) in [5, 5.41) is 0.326. The zero-order valence-electron chi connectivity index (χ0n) is 8.64. The molecule has 0 spiro atoms. The molecule has 0 aromatic carbocycles. The Bertz CT molecular complexity index is 94.0. The molecular formula is C10H21ClS. The van der Waals surface area contributed by atoms with E-state index in [2.05, 4.69) is 27.0 Å². The summed E-state index contributed by atoms with van der Waals surface area (Å²) in [5.74, 6) is 2.69. The first kappa shape index (κ1) is 12.6. The highest BCUT2D eigenvalue weighted by Gasteiger charge is 2.17. The maximum atomic E-state index is 6.11. The van der Waals surface area contributed by atoms with E-state index in [0.717, 1.165) is 5.92 Å². The monoisotopic (exact) mass is 208 g/mol. The lowest BCUT2D eigenvalue weighted by molar-refractivity contribution is 0.352. The number of halogens is 1. The fraction of sp³-hybridized carbons (Fsp3) is 1.00. The molecule has 74 valence electrons. The lowest BCUT2D eigenvalue weighted by Crippen LogP contribution is -2.18. The first-order valence-electron chi connectivity index (χ1n) is 4.72. The molecule has 2 unspecified atom stereocenters. The van der Waals surface area contributed by atoms with Gasteiger partial charge in [-0.25, -0.2) is 0 Å². The Balaban J connectivity index is 3.64. The maximum Gasteiger partial charge on any atom is 0.0338 e. The molecule has 0 fully saturated rings. The Morgan fingerprint density at radius 1 is 1.25 bits per heavy atom. The first-order valence-corrected chi connectivity index (χ1v) is 6.55. The van der Waals surface area contributed by atoms with Gasteiger partial charge < -0.3 is 0 Å². The topological polar surface area (TPSA) is 0 Å². The van der Waals surface area contributed by atoms with Crippen LogP contribution in [0.5, 0.6) is 0 Å². The number of thioether (sulfide) groups is 1. The van der Waals surface area contributed by atoms with Gasteiger partial charge in [0.2, 0.25) is 0 Å². The summed E-state index contributed by atoms with van der Waals surface area (Å²) in [6.45, 7) is 6.65. The summed E-state index contributed by atoms with van der Waals surface area (Å²) >= 11 is 8.03. The van der Waals surface area contributed by atoms with Crippen molar-refractivity contribution in [2.75, 3.05) is 12.0 Å². The summed E-state index contributed by atoms with van der Waals surface area (Å²) in [6, 6.07) is 0. The third kappa shape index (κ3) is 5.31. The molecule has 0 rings (SSSR count). The van der Waals surface area contributed by atoms with Crippen molar-refractivity contribution in [1.82, 2.24) is 0 Å². The second-order valence-corrected chi connectivity index (χ2v) is 5.39. The molecule has 0 radical (unpaired) electrons. The zero-order valence-corrected chi connectivity index (χ0v) is 10.2. The average molecular weight is 209 g/mol. The molecule has 0 bridgehead atoms. The molecule has 0 saturated heterocycles. The minimum absolute atomic E-state index is 0.326. The minimum Gasteiger partial charge on any atom is -0.165 e. The van der Waals surface area contributed by atoms with Crippen molar-refractivity contribution >= 4 is 23.4 Å². The zero-order chi connectivity index (χ0) is 9.56. The molecule has 2 heteroatoms. The fourth-order valence-corrected chi connectivity index (χ4v) is 2.43. The van der Waals surface area contributed by atoms with Crippen molar-refractivity contribution in [2.24, 2.45) is 11.8 Å². The van der Waals surface area contributed by atoms with Gasteiger partial charge in [0.05, 0.1) is 0 Å². The molecule has 0 aliphatic carbocycles. The molecule has 0 aromatic rings. The fourth-order valence-electron chi connectivity index (χ4n) is 1.56. The van der Waals surface area contributed by atoms with Gasteiger partial charge in [-0.05, 0) is 43.6 Å². The molecule has 0 N–H and O–H groups in total. The average Bonchev–Trinajstić information content (AvgIpc) is 1.96. The molecule has 0 aliphatic heterocycles. The van der Waals surface area contributed by atoms with Crippen LogP contribution in [0.3, 0.4) is 0 Å². The van der Waals surface area contributed by atoms with E-state index < -0.39 is 0 Å². The predicted octanol–water partition coefficient (Wildman–Crippen LogP) is 4.03. The van der Waals surface area contributed by atoms with Gasteiger partial charge in [-0.1, -0.05) is 13.8 Å². The third-order valence-electron chi connectivity index (χ3n) is 2.33. The molecular weight excluding hydrogens is 188 g/mol. The highest BCUT2D eigenvalue weighted by atomic mass is 35.5. The summed E-state index contributed by atoms with van der Waals surface area (Å²) in [7, 11) is 0. The van der Waals surface area contributed by atoms with E-state index in [4.69, 9.17) is 11.6 Å². The molecule has 0 heterocycles. The van der Waals surface area contributed by atoms with Crippen molar-refractivity contribution in [3.63, 3.8) is 0 Å². The van der Waals surface area contributed by atoms with Crippen molar-refractivity contribution in [2.45, 2.75) is 39.0 Å². The van der Waals surface area contributed by atoms with E-state index in [9.17, 15) is 0 Å². The van der Waals surface area contributed by atoms with E-state index in [1.807, 2.05) is 11.8 Å². The van der Waals surface area contributed by atoms with Gasteiger partial charge in [0.1, 0.15) is 0 Å². The van der Waals surface area contributed by atoms with Crippen LogP contribution in [0.15, 0.2) is 0 Å². The van der Waals surface area contributed by atoms with Crippen LogP contribution in [0.4, 0.5) is 0 Å². The molecule has 0 aliphatic rings. The Morgan fingerprint density at radius 2 is 1.83 bits per heavy atom. The quantitative estimate of drug-likeness (QED) is 0.469. The Morgan fingerprint density at radius 3 is 2.17 bits per heavy atom. The van der Waals surface area contributed by atoms with Crippen molar-refractivity contribution in [1.29, 1.82) is 0 Å². The van der Waals surface area contributed by atoms with Crippen LogP contribution >= 0.6 is 23.4 Å². The van der Waals surface area contributed by atoms with Gasteiger partial charge in [0.15, 0.2) is 0 Å². The molecule has 0 saturated carbocycles. The highest BCUT2D eigenvalue weighted by Crippen LogP contribution is 2.25. The predicted molar refractivity (Wildman–Crippen MR) is 61.3 cm³/mol. The Kier molecular flexibility index (Phi) is 7.46. The van der Waals surface area contributed by atoms with Crippen LogP contribution in [-0.2, 0) is 0 Å². The Labute approximate surface area is 86.5 Å². The minimum atomic E-state index is 0.326. The third-order valence-corrected chi connectivity index (χ3v) is 3.35. The number of alkyl halides is 1.